The quantitative estimate of drug-likeness (QED) is 0.378. The van der Waals surface area contributed by atoms with Crippen molar-refractivity contribution in [2.24, 2.45) is 0 Å². The van der Waals surface area contributed by atoms with Crippen LogP contribution >= 0.6 is 0 Å². The van der Waals surface area contributed by atoms with Crippen LogP contribution in [0.5, 0.6) is 0 Å². The van der Waals surface area contributed by atoms with Crippen LogP contribution in [0.1, 0.15) is 6.42 Å². The molecule has 1 aliphatic rings. The number of carboxylic acids is 1. The number of aliphatic hydroxyl groups excluding tert-OH is 1. The average molecular weight is 132 g/mol. The van der Waals surface area contributed by atoms with Gasteiger partial charge in [0.05, 0.1) is 0 Å². The van der Waals surface area contributed by atoms with Crippen molar-refractivity contribution >= 4 is 5.97 Å². The second kappa shape index (κ2) is 2.33. The Balaban J connectivity index is 2.39. The highest BCUT2D eigenvalue weighted by atomic mass is 16.4. The maximum Gasteiger partial charge on any atom is 0.362 e. The summed E-state index contributed by atoms with van der Waals surface area (Å²) < 4.78 is 0. The summed E-state index contributed by atoms with van der Waals surface area (Å²) in [6, 6.07) is -0.417. The van der Waals surface area contributed by atoms with Gasteiger partial charge in [0.2, 0.25) is 0 Å². The number of nitrogens with two attached hydrogens (primary N) is 1. The number of aliphatic carboxylic acids is 1. The molecular formula is C5H10NO3+. The van der Waals surface area contributed by atoms with E-state index in [1.165, 1.54) is 0 Å². The maximum absolute atomic E-state index is 10.2. The van der Waals surface area contributed by atoms with Gasteiger partial charge >= 0.3 is 5.97 Å². The van der Waals surface area contributed by atoms with Gasteiger partial charge < -0.3 is 15.5 Å². The second-order valence-corrected chi connectivity index (χ2v) is 2.31. The standard InChI is InChI=1S/C5H9NO3/c7-3-1-4(5(8)9)6-2-3/h3-4,6-7H,1-2H2,(H,8,9)/p+1/t3-,4-/m1/s1. The Kier molecular flexibility index (Phi) is 1.68. The molecule has 0 unspecified atom stereocenters. The molecular weight excluding hydrogens is 122 g/mol. The Morgan fingerprint density at radius 3 is 2.56 bits per heavy atom. The smallest absolute Gasteiger partial charge is 0.362 e. The Labute approximate surface area is 52.5 Å². The fourth-order valence-electron chi connectivity index (χ4n) is 1.01. The largest absolute Gasteiger partial charge is 0.477 e. The van der Waals surface area contributed by atoms with E-state index in [-0.39, 0.29) is 0 Å². The molecule has 0 saturated carbocycles. The Morgan fingerprint density at radius 1 is 1.67 bits per heavy atom. The van der Waals surface area contributed by atoms with Gasteiger partial charge in [0, 0.05) is 6.42 Å². The van der Waals surface area contributed by atoms with Crippen molar-refractivity contribution in [3.63, 3.8) is 0 Å². The fourth-order valence-corrected chi connectivity index (χ4v) is 1.01. The summed E-state index contributed by atoms with van der Waals surface area (Å²) in [4.78, 5) is 10.2. The van der Waals surface area contributed by atoms with E-state index in [0.29, 0.717) is 13.0 Å². The van der Waals surface area contributed by atoms with Gasteiger partial charge in [0.15, 0.2) is 6.04 Å². The number of quaternary nitrogens is 1. The second-order valence-electron chi connectivity index (χ2n) is 2.31. The molecule has 4 N–H and O–H groups in total. The van der Waals surface area contributed by atoms with Gasteiger partial charge in [-0.15, -0.1) is 0 Å². The molecule has 1 saturated heterocycles. The van der Waals surface area contributed by atoms with Gasteiger partial charge in [-0.25, -0.2) is 4.79 Å². The Morgan fingerprint density at radius 2 is 2.33 bits per heavy atom. The Hall–Kier alpha value is -0.610. The van der Waals surface area contributed by atoms with Crippen LogP contribution in [0.25, 0.3) is 0 Å². The minimum absolute atomic E-state index is 0.384. The molecule has 0 aromatic rings. The summed E-state index contributed by atoms with van der Waals surface area (Å²) in [6.07, 6.45) is -0.0406. The molecule has 2 atom stereocenters. The van der Waals surface area contributed by atoms with Crippen molar-refractivity contribution < 1.29 is 20.3 Å². The Bertz CT molecular complexity index is 125. The highest BCUT2D eigenvalue weighted by Gasteiger charge is 2.31. The van der Waals surface area contributed by atoms with E-state index in [2.05, 4.69) is 0 Å². The van der Waals surface area contributed by atoms with Gasteiger partial charge in [-0.05, 0) is 0 Å². The summed E-state index contributed by atoms with van der Waals surface area (Å²) in [5.74, 6) is -0.827. The molecule has 0 amide bonds. The van der Waals surface area contributed by atoms with E-state index in [1.54, 1.807) is 5.32 Å². The van der Waals surface area contributed by atoms with Crippen molar-refractivity contribution in [1.29, 1.82) is 0 Å². The summed E-state index contributed by atoms with van der Waals surface area (Å²) in [5, 5.41) is 18.9. The van der Waals surface area contributed by atoms with Crippen LogP contribution in [0.3, 0.4) is 0 Å². The molecule has 4 heteroatoms. The van der Waals surface area contributed by atoms with E-state index in [9.17, 15) is 4.79 Å². The lowest BCUT2D eigenvalue weighted by Crippen LogP contribution is -2.88. The van der Waals surface area contributed by atoms with Crippen molar-refractivity contribution in [2.45, 2.75) is 18.6 Å². The van der Waals surface area contributed by atoms with Gasteiger partial charge in [-0.1, -0.05) is 0 Å². The third-order valence-corrected chi connectivity index (χ3v) is 1.54. The van der Waals surface area contributed by atoms with E-state index < -0.39 is 18.1 Å². The third-order valence-electron chi connectivity index (χ3n) is 1.54. The predicted molar refractivity (Wildman–Crippen MR) is 28.8 cm³/mol. The van der Waals surface area contributed by atoms with Gasteiger partial charge in [0.1, 0.15) is 12.6 Å². The van der Waals surface area contributed by atoms with Crippen LogP contribution in [0, 0.1) is 0 Å². The third kappa shape index (κ3) is 1.40. The van der Waals surface area contributed by atoms with E-state index in [1.807, 2.05) is 0 Å². The molecule has 1 fully saturated rings. The lowest BCUT2D eigenvalue weighted by Gasteiger charge is -1.96. The molecule has 1 rings (SSSR count). The number of hydrogen-bond acceptors (Lipinski definition) is 2. The van der Waals surface area contributed by atoms with Crippen LogP contribution < -0.4 is 5.32 Å². The first-order chi connectivity index (χ1) is 4.20. The molecule has 0 spiro atoms. The van der Waals surface area contributed by atoms with Crippen LogP contribution in [0.15, 0.2) is 0 Å². The van der Waals surface area contributed by atoms with Gasteiger partial charge in [0.25, 0.3) is 0 Å². The first-order valence-electron chi connectivity index (χ1n) is 2.94. The van der Waals surface area contributed by atoms with E-state index in [0.717, 1.165) is 0 Å². The lowest BCUT2D eigenvalue weighted by atomic mass is 10.2. The summed E-state index contributed by atoms with van der Waals surface area (Å²) in [6.45, 7) is 0.525. The monoisotopic (exact) mass is 132 g/mol. The first-order valence-corrected chi connectivity index (χ1v) is 2.94. The van der Waals surface area contributed by atoms with Crippen LogP contribution in [0.2, 0.25) is 0 Å². The van der Waals surface area contributed by atoms with Crippen molar-refractivity contribution in [3.8, 4) is 0 Å². The zero-order valence-electron chi connectivity index (χ0n) is 4.95. The zero-order valence-corrected chi connectivity index (χ0v) is 4.95. The van der Waals surface area contributed by atoms with Crippen molar-refractivity contribution in [3.05, 3.63) is 0 Å². The molecule has 1 aliphatic heterocycles. The topological polar surface area (TPSA) is 74.1 Å². The summed E-state index contributed by atoms with van der Waals surface area (Å²) >= 11 is 0. The lowest BCUT2D eigenvalue weighted by molar-refractivity contribution is -0.661. The minimum Gasteiger partial charge on any atom is -0.477 e. The normalized spacial score (nSPS) is 34.8. The molecule has 0 aliphatic carbocycles. The summed E-state index contributed by atoms with van der Waals surface area (Å²) in [5.41, 5.74) is 0. The molecule has 0 radical (unpaired) electrons. The minimum atomic E-state index is -0.827. The fraction of sp³-hybridized carbons (Fsp3) is 0.800. The molecule has 52 valence electrons. The number of carboxylic acid groups (broad SMARTS) is 1. The van der Waals surface area contributed by atoms with Crippen LogP contribution in [0.4, 0.5) is 0 Å². The highest BCUT2D eigenvalue weighted by molar-refractivity contribution is 5.71. The summed E-state index contributed by atoms with van der Waals surface area (Å²) in [7, 11) is 0. The molecule has 0 aromatic heterocycles. The maximum atomic E-state index is 10.2. The van der Waals surface area contributed by atoms with Gasteiger partial charge in [-0.2, -0.15) is 0 Å². The average Bonchev–Trinajstić information content (AvgIpc) is 2.14. The number of carbonyl (C=O) groups is 1. The van der Waals surface area contributed by atoms with Gasteiger partial charge in [-0.3, -0.25) is 0 Å². The predicted octanol–water partition coefficient (Wildman–Crippen LogP) is -2.23. The number of hydrogen-bond donors (Lipinski definition) is 3. The molecule has 0 aromatic carbocycles. The van der Waals surface area contributed by atoms with E-state index >= 15 is 0 Å². The van der Waals surface area contributed by atoms with Crippen LogP contribution in [-0.4, -0.2) is 34.9 Å². The van der Waals surface area contributed by atoms with Crippen molar-refractivity contribution in [2.75, 3.05) is 6.54 Å². The molecule has 0 bridgehead atoms. The molecule has 4 nitrogen and oxygen atoms in total. The zero-order chi connectivity index (χ0) is 6.85. The first kappa shape index (κ1) is 6.51. The van der Waals surface area contributed by atoms with Crippen molar-refractivity contribution in [1.82, 2.24) is 0 Å². The molecule has 9 heavy (non-hydrogen) atoms. The number of rotatable bonds is 1. The molecule has 1 heterocycles. The van der Waals surface area contributed by atoms with E-state index in [4.69, 9.17) is 10.2 Å². The van der Waals surface area contributed by atoms with Crippen LogP contribution in [-0.2, 0) is 4.79 Å². The number of aliphatic hydroxyl groups is 1. The highest BCUT2D eigenvalue weighted by Crippen LogP contribution is 1.97. The SMILES string of the molecule is O=C(O)[C@H]1C[C@@H](O)C[NH2+]1.